The summed E-state index contributed by atoms with van der Waals surface area (Å²) >= 11 is 1.46. The number of hydrogen-bond acceptors (Lipinski definition) is 4. The van der Waals surface area contributed by atoms with E-state index in [2.05, 4.69) is 12.2 Å². The second-order valence-electron chi connectivity index (χ2n) is 5.36. The molecule has 5 nitrogen and oxygen atoms in total. The topological polar surface area (TPSA) is 89.3 Å². The van der Waals surface area contributed by atoms with Crippen molar-refractivity contribution in [3.8, 4) is 0 Å². The lowest BCUT2D eigenvalue weighted by Crippen LogP contribution is -2.26. The molecule has 0 radical (unpaired) electrons. The Morgan fingerprint density at radius 1 is 1.35 bits per heavy atom. The Morgan fingerprint density at radius 2 is 2.04 bits per heavy atom. The molecule has 0 fully saturated rings. The van der Waals surface area contributed by atoms with E-state index >= 15 is 0 Å². The first-order valence-electron chi connectivity index (χ1n) is 7.25. The Bertz CT molecular complexity index is 826. The Morgan fingerprint density at radius 3 is 2.61 bits per heavy atom. The van der Waals surface area contributed by atoms with E-state index in [-0.39, 0.29) is 16.8 Å². The van der Waals surface area contributed by atoms with Gasteiger partial charge in [-0.3, -0.25) is 4.79 Å². The van der Waals surface area contributed by atoms with Crippen molar-refractivity contribution in [2.45, 2.75) is 38.1 Å². The summed E-state index contributed by atoms with van der Waals surface area (Å²) < 4.78 is 22.8. The third kappa shape index (κ3) is 4.19. The molecule has 0 saturated heterocycles. The SMILES string of the molecule is CCc1cc(C(=O)N[C@@H](C)c2cccc(S(N)(=O)=O)c2)sc1C. The number of rotatable bonds is 5. The third-order valence-electron chi connectivity index (χ3n) is 3.66. The van der Waals surface area contributed by atoms with Crippen molar-refractivity contribution in [3.63, 3.8) is 0 Å². The van der Waals surface area contributed by atoms with Crippen LogP contribution in [0, 0.1) is 6.92 Å². The maximum Gasteiger partial charge on any atom is 0.261 e. The number of sulfonamides is 1. The number of aryl methyl sites for hydroxylation is 2. The predicted octanol–water partition coefficient (Wildman–Crippen LogP) is 2.76. The number of thiophene rings is 1. The highest BCUT2D eigenvalue weighted by molar-refractivity contribution is 7.89. The maximum atomic E-state index is 12.3. The molecule has 1 heterocycles. The van der Waals surface area contributed by atoms with Gasteiger partial charge >= 0.3 is 0 Å². The van der Waals surface area contributed by atoms with E-state index in [4.69, 9.17) is 5.14 Å². The second kappa shape index (κ2) is 6.82. The van der Waals surface area contributed by atoms with Crippen molar-refractivity contribution in [2.75, 3.05) is 0 Å². The van der Waals surface area contributed by atoms with Crippen molar-refractivity contribution < 1.29 is 13.2 Å². The highest BCUT2D eigenvalue weighted by Gasteiger charge is 2.16. The molecule has 124 valence electrons. The molecule has 1 aromatic carbocycles. The smallest absolute Gasteiger partial charge is 0.261 e. The Kier molecular flexibility index (Phi) is 5.23. The lowest BCUT2D eigenvalue weighted by Gasteiger charge is -2.14. The van der Waals surface area contributed by atoms with Crippen LogP contribution in [0.5, 0.6) is 0 Å². The Hall–Kier alpha value is -1.70. The number of carbonyl (C=O) groups excluding carboxylic acids is 1. The van der Waals surface area contributed by atoms with Crippen molar-refractivity contribution >= 4 is 27.3 Å². The van der Waals surface area contributed by atoms with Crippen LogP contribution in [0.2, 0.25) is 0 Å². The molecule has 0 aliphatic rings. The van der Waals surface area contributed by atoms with Crippen molar-refractivity contribution in [1.29, 1.82) is 0 Å². The van der Waals surface area contributed by atoms with Gasteiger partial charge in [-0.25, -0.2) is 13.6 Å². The molecule has 0 unspecified atom stereocenters. The fourth-order valence-electron chi connectivity index (χ4n) is 2.29. The van der Waals surface area contributed by atoms with Crippen molar-refractivity contribution in [2.24, 2.45) is 5.14 Å². The molecule has 1 atom stereocenters. The quantitative estimate of drug-likeness (QED) is 0.867. The summed E-state index contributed by atoms with van der Waals surface area (Å²) in [5, 5.41) is 8.03. The van der Waals surface area contributed by atoms with E-state index in [1.165, 1.54) is 29.0 Å². The van der Waals surface area contributed by atoms with Gasteiger partial charge in [0, 0.05) is 4.88 Å². The summed E-state index contributed by atoms with van der Waals surface area (Å²) in [5.41, 5.74) is 1.86. The number of carbonyl (C=O) groups is 1. The highest BCUT2D eigenvalue weighted by atomic mass is 32.2. The normalized spacial score (nSPS) is 12.9. The van der Waals surface area contributed by atoms with Crippen LogP contribution in [0.3, 0.4) is 0 Å². The number of nitrogens with one attached hydrogen (secondary N) is 1. The first-order chi connectivity index (χ1) is 10.7. The Labute approximate surface area is 140 Å². The first kappa shape index (κ1) is 17.7. The zero-order valence-electron chi connectivity index (χ0n) is 13.3. The minimum Gasteiger partial charge on any atom is -0.345 e. The molecule has 2 aromatic rings. The Balaban J connectivity index is 2.18. The maximum absolute atomic E-state index is 12.3. The number of hydrogen-bond donors (Lipinski definition) is 2. The van der Waals surface area contributed by atoms with Gasteiger partial charge in [0.1, 0.15) is 0 Å². The predicted molar refractivity (Wildman–Crippen MR) is 92.1 cm³/mol. The van der Waals surface area contributed by atoms with Crippen molar-refractivity contribution in [3.05, 3.63) is 51.2 Å². The van der Waals surface area contributed by atoms with E-state index in [0.717, 1.165) is 11.3 Å². The van der Waals surface area contributed by atoms with Crippen LogP contribution >= 0.6 is 11.3 Å². The van der Waals surface area contributed by atoms with Crippen LogP contribution in [-0.2, 0) is 16.4 Å². The average molecular weight is 352 g/mol. The summed E-state index contributed by atoms with van der Waals surface area (Å²) in [7, 11) is -3.76. The molecule has 0 bridgehead atoms. The molecule has 2 rings (SSSR count). The summed E-state index contributed by atoms with van der Waals surface area (Å²) in [6.45, 7) is 5.86. The summed E-state index contributed by atoms with van der Waals surface area (Å²) in [6.07, 6.45) is 0.890. The fourth-order valence-corrected chi connectivity index (χ4v) is 3.88. The molecule has 1 amide bonds. The molecule has 23 heavy (non-hydrogen) atoms. The van der Waals surface area contributed by atoms with Gasteiger partial charge in [-0.05, 0) is 49.6 Å². The molecule has 1 aromatic heterocycles. The van der Waals surface area contributed by atoms with Crippen LogP contribution in [0.25, 0.3) is 0 Å². The minimum atomic E-state index is -3.76. The highest BCUT2D eigenvalue weighted by Crippen LogP contribution is 2.23. The van der Waals surface area contributed by atoms with Crippen LogP contribution in [0.1, 0.15) is 45.6 Å². The molecule has 0 spiro atoms. The molecular weight excluding hydrogens is 332 g/mol. The van der Waals surface area contributed by atoms with Crippen LogP contribution in [0.15, 0.2) is 35.2 Å². The summed E-state index contributed by atoms with van der Waals surface area (Å²) in [6, 6.07) is 7.87. The van der Waals surface area contributed by atoms with Crippen LogP contribution < -0.4 is 10.5 Å². The number of nitrogens with two attached hydrogens (primary N) is 1. The van der Waals surface area contributed by atoms with E-state index < -0.39 is 10.0 Å². The largest absolute Gasteiger partial charge is 0.345 e. The van der Waals surface area contributed by atoms with Gasteiger partial charge in [-0.2, -0.15) is 0 Å². The van der Waals surface area contributed by atoms with Gasteiger partial charge in [0.15, 0.2) is 0 Å². The first-order valence-corrected chi connectivity index (χ1v) is 9.61. The average Bonchev–Trinajstić information content (AvgIpc) is 2.87. The summed E-state index contributed by atoms with van der Waals surface area (Å²) in [4.78, 5) is 14.2. The summed E-state index contributed by atoms with van der Waals surface area (Å²) in [5.74, 6) is -0.161. The third-order valence-corrected chi connectivity index (χ3v) is 5.66. The number of amides is 1. The second-order valence-corrected chi connectivity index (χ2v) is 8.18. The lowest BCUT2D eigenvalue weighted by molar-refractivity contribution is 0.0944. The minimum absolute atomic E-state index is 0.0383. The molecule has 0 saturated carbocycles. The van der Waals surface area contributed by atoms with Gasteiger partial charge in [-0.15, -0.1) is 11.3 Å². The van der Waals surface area contributed by atoms with Gasteiger partial charge in [0.05, 0.1) is 15.8 Å². The van der Waals surface area contributed by atoms with Gasteiger partial charge in [0.2, 0.25) is 10.0 Å². The standard InChI is InChI=1S/C16H20N2O3S2/c1-4-12-9-15(22-11(12)3)16(19)18-10(2)13-6-5-7-14(8-13)23(17,20)21/h5-10H,4H2,1-3H3,(H,18,19)(H2,17,20,21)/t10-/m0/s1. The van der Waals surface area contributed by atoms with E-state index in [9.17, 15) is 13.2 Å². The molecule has 0 aliphatic carbocycles. The van der Waals surface area contributed by atoms with Crippen LogP contribution in [-0.4, -0.2) is 14.3 Å². The van der Waals surface area contributed by atoms with E-state index in [1.54, 1.807) is 19.1 Å². The zero-order chi connectivity index (χ0) is 17.2. The van der Waals surface area contributed by atoms with Crippen molar-refractivity contribution in [1.82, 2.24) is 5.32 Å². The van der Waals surface area contributed by atoms with Gasteiger partial charge < -0.3 is 5.32 Å². The monoisotopic (exact) mass is 352 g/mol. The molecule has 3 N–H and O–H groups in total. The van der Waals surface area contributed by atoms with Gasteiger partial charge in [-0.1, -0.05) is 19.1 Å². The van der Waals surface area contributed by atoms with E-state index in [0.29, 0.717) is 10.4 Å². The van der Waals surface area contributed by atoms with E-state index in [1.807, 2.05) is 13.0 Å². The fraction of sp³-hybridized carbons (Fsp3) is 0.312. The lowest BCUT2D eigenvalue weighted by atomic mass is 10.1. The van der Waals surface area contributed by atoms with Crippen LogP contribution in [0.4, 0.5) is 0 Å². The number of benzene rings is 1. The zero-order valence-corrected chi connectivity index (χ0v) is 14.9. The molecule has 7 heteroatoms. The van der Waals surface area contributed by atoms with Gasteiger partial charge in [0.25, 0.3) is 5.91 Å². The molecular formula is C16H20N2O3S2. The molecule has 0 aliphatic heterocycles. The number of primary sulfonamides is 1.